The molecule has 0 spiro atoms. The molecule has 1 atom stereocenters. The van der Waals surface area contributed by atoms with Crippen molar-refractivity contribution in [2.75, 3.05) is 6.61 Å². The zero-order valence-electron chi connectivity index (χ0n) is 13.9. The molecule has 130 valence electrons. The van der Waals surface area contributed by atoms with Crippen LogP contribution in [0.2, 0.25) is 0 Å². The molecule has 0 aliphatic rings. The lowest BCUT2D eigenvalue weighted by Gasteiger charge is -2.14. The van der Waals surface area contributed by atoms with Gasteiger partial charge in [0.25, 0.3) is 5.56 Å². The average molecular weight is 365 g/mol. The second kappa shape index (κ2) is 6.74. The fraction of sp³-hybridized carbons (Fsp3) is 0.167. The third-order valence-electron chi connectivity index (χ3n) is 4.13. The summed E-state index contributed by atoms with van der Waals surface area (Å²) in [6.45, 7) is 1.62. The van der Waals surface area contributed by atoms with E-state index >= 15 is 0 Å². The summed E-state index contributed by atoms with van der Waals surface area (Å²) in [6.07, 6.45) is 6.56. The summed E-state index contributed by atoms with van der Waals surface area (Å²) in [5.41, 5.74) is 4.06. The van der Waals surface area contributed by atoms with Crippen LogP contribution >= 0.6 is 11.3 Å². The van der Waals surface area contributed by atoms with Gasteiger partial charge in [-0.05, 0) is 25.1 Å². The Morgan fingerprint density at radius 3 is 2.88 bits per heavy atom. The van der Waals surface area contributed by atoms with E-state index < -0.39 is 0 Å². The Labute approximate surface area is 152 Å². The lowest BCUT2D eigenvalue weighted by Crippen LogP contribution is -2.25. The molecule has 4 rings (SSSR count). The number of aliphatic hydroxyl groups is 1. The molecule has 4 aromatic rings. The molecule has 1 N–H and O–H groups in total. The van der Waals surface area contributed by atoms with Crippen LogP contribution in [0.25, 0.3) is 32.7 Å². The predicted octanol–water partition coefficient (Wildman–Crippen LogP) is 2.53. The molecule has 26 heavy (non-hydrogen) atoms. The van der Waals surface area contributed by atoms with E-state index in [1.54, 1.807) is 37.1 Å². The number of pyridine rings is 2. The first kappa shape index (κ1) is 16.5. The minimum Gasteiger partial charge on any atom is -0.394 e. The van der Waals surface area contributed by atoms with Gasteiger partial charge in [-0.25, -0.2) is 9.97 Å². The summed E-state index contributed by atoms with van der Waals surface area (Å²) >= 11 is 1.45. The number of nitrogens with zero attached hydrogens (tertiary/aromatic N) is 5. The van der Waals surface area contributed by atoms with Crippen molar-refractivity contribution in [3.8, 4) is 21.8 Å². The predicted molar refractivity (Wildman–Crippen MR) is 99.9 cm³/mol. The Bertz CT molecular complexity index is 1110. The van der Waals surface area contributed by atoms with Gasteiger partial charge in [-0.15, -0.1) is 11.3 Å². The van der Waals surface area contributed by atoms with E-state index in [-0.39, 0.29) is 18.2 Å². The van der Waals surface area contributed by atoms with Crippen LogP contribution in [0.1, 0.15) is 13.0 Å². The van der Waals surface area contributed by atoms with Gasteiger partial charge >= 0.3 is 0 Å². The maximum atomic E-state index is 13.0. The summed E-state index contributed by atoms with van der Waals surface area (Å²) in [7, 11) is 0. The molecule has 7 nitrogen and oxygen atoms in total. The van der Waals surface area contributed by atoms with E-state index in [1.165, 1.54) is 22.2 Å². The minimum absolute atomic E-state index is 0.144. The lowest BCUT2D eigenvalue weighted by molar-refractivity contribution is 0.236. The Hall–Kier alpha value is -2.97. The smallest absolute Gasteiger partial charge is 0.261 e. The van der Waals surface area contributed by atoms with Crippen molar-refractivity contribution in [2.45, 2.75) is 13.0 Å². The van der Waals surface area contributed by atoms with Crippen molar-refractivity contribution >= 4 is 22.2 Å². The largest absolute Gasteiger partial charge is 0.394 e. The topological polar surface area (TPSA) is 93.8 Å². The molecule has 0 aliphatic carbocycles. The summed E-state index contributed by atoms with van der Waals surface area (Å²) in [5.74, 6) is 0. The first-order valence-electron chi connectivity index (χ1n) is 8.01. The normalized spacial score (nSPS) is 12.4. The molecular weight excluding hydrogens is 350 g/mol. The zero-order valence-corrected chi connectivity index (χ0v) is 14.7. The van der Waals surface area contributed by atoms with Gasteiger partial charge in [-0.1, -0.05) is 0 Å². The molecule has 0 bridgehead atoms. The van der Waals surface area contributed by atoms with E-state index in [0.29, 0.717) is 22.3 Å². The third kappa shape index (κ3) is 2.79. The highest BCUT2D eigenvalue weighted by molar-refractivity contribution is 7.13. The zero-order chi connectivity index (χ0) is 18.1. The second-order valence-electron chi connectivity index (χ2n) is 5.85. The molecule has 0 aromatic carbocycles. The Morgan fingerprint density at radius 1 is 1.31 bits per heavy atom. The molecule has 0 saturated carbocycles. The van der Waals surface area contributed by atoms with Gasteiger partial charge in [-0.3, -0.25) is 19.3 Å². The van der Waals surface area contributed by atoms with Crippen molar-refractivity contribution in [3.63, 3.8) is 0 Å². The molecular formula is C18H15N5O2S. The molecule has 0 amide bonds. The van der Waals surface area contributed by atoms with Crippen molar-refractivity contribution in [3.05, 3.63) is 59.0 Å². The number of aromatic nitrogens is 5. The molecule has 0 radical (unpaired) electrons. The lowest BCUT2D eigenvalue weighted by atomic mass is 10.1. The van der Waals surface area contributed by atoms with Gasteiger partial charge in [-0.2, -0.15) is 0 Å². The Balaban J connectivity index is 2.06. The number of fused-ring (bicyclic) bond motifs is 1. The fourth-order valence-electron chi connectivity index (χ4n) is 2.72. The number of thiazole rings is 1. The first-order chi connectivity index (χ1) is 12.7. The van der Waals surface area contributed by atoms with Crippen LogP contribution in [0, 0.1) is 0 Å². The van der Waals surface area contributed by atoms with Crippen LogP contribution < -0.4 is 5.56 Å². The van der Waals surface area contributed by atoms with Gasteiger partial charge in [0.1, 0.15) is 5.52 Å². The SMILES string of the molecule is C[C@@H](CO)n1cnc2c(-c3cccnc3)nc(-c3cncs3)cc2c1=O. The molecule has 0 saturated heterocycles. The molecule has 4 heterocycles. The van der Waals surface area contributed by atoms with Crippen molar-refractivity contribution in [1.29, 1.82) is 0 Å². The van der Waals surface area contributed by atoms with Gasteiger partial charge < -0.3 is 5.11 Å². The number of hydrogen-bond donors (Lipinski definition) is 1. The number of rotatable bonds is 4. The third-order valence-corrected chi connectivity index (χ3v) is 4.92. The van der Waals surface area contributed by atoms with E-state index in [1.807, 2.05) is 12.1 Å². The van der Waals surface area contributed by atoms with Crippen molar-refractivity contribution in [1.82, 2.24) is 24.5 Å². The highest BCUT2D eigenvalue weighted by Crippen LogP contribution is 2.29. The van der Waals surface area contributed by atoms with Crippen LogP contribution in [0.3, 0.4) is 0 Å². The quantitative estimate of drug-likeness (QED) is 0.597. The Morgan fingerprint density at radius 2 is 2.19 bits per heavy atom. The summed E-state index contributed by atoms with van der Waals surface area (Å²) in [4.78, 5) is 31.3. The summed E-state index contributed by atoms with van der Waals surface area (Å²) < 4.78 is 1.44. The van der Waals surface area contributed by atoms with Crippen molar-refractivity contribution < 1.29 is 5.11 Å². The van der Waals surface area contributed by atoms with E-state index in [9.17, 15) is 9.90 Å². The van der Waals surface area contributed by atoms with Crippen LogP contribution in [0.4, 0.5) is 0 Å². The van der Waals surface area contributed by atoms with E-state index in [4.69, 9.17) is 4.98 Å². The van der Waals surface area contributed by atoms with Crippen LogP contribution in [-0.4, -0.2) is 36.2 Å². The first-order valence-corrected chi connectivity index (χ1v) is 8.89. The van der Waals surface area contributed by atoms with Gasteiger partial charge in [0.15, 0.2) is 0 Å². The molecule has 8 heteroatoms. The van der Waals surface area contributed by atoms with Crippen LogP contribution in [0.5, 0.6) is 0 Å². The number of aliphatic hydroxyl groups excluding tert-OH is 1. The van der Waals surface area contributed by atoms with E-state index in [0.717, 1.165) is 10.4 Å². The fourth-order valence-corrected chi connectivity index (χ4v) is 3.30. The maximum Gasteiger partial charge on any atom is 0.261 e. The average Bonchev–Trinajstić information content (AvgIpc) is 3.22. The molecule has 4 aromatic heterocycles. The number of hydrogen-bond acceptors (Lipinski definition) is 7. The van der Waals surface area contributed by atoms with Crippen molar-refractivity contribution in [2.24, 2.45) is 0 Å². The van der Waals surface area contributed by atoms with Gasteiger partial charge in [0.2, 0.25) is 0 Å². The van der Waals surface area contributed by atoms with E-state index in [2.05, 4.69) is 15.0 Å². The second-order valence-corrected chi connectivity index (χ2v) is 6.73. The highest BCUT2D eigenvalue weighted by atomic mass is 32.1. The standard InChI is InChI=1S/C18H15N5O2S/c1-11(8-24)23-9-21-17-13(18(23)25)5-14(15-7-20-10-26-15)22-16(17)12-3-2-4-19-6-12/h2-7,9-11,24H,8H2,1H3/t11-/m0/s1. The van der Waals surface area contributed by atoms with Gasteiger partial charge in [0.05, 0.1) is 46.1 Å². The van der Waals surface area contributed by atoms with Gasteiger partial charge in [0, 0.05) is 24.2 Å². The van der Waals surface area contributed by atoms with Crippen LogP contribution in [-0.2, 0) is 0 Å². The molecule has 0 aliphatic heterocycles. The Kier molecular flexibility index (Phi) is 4.27. The summed E-state index contributed by atoms with van der Waals surface area (Å²) in [5, 5.41) is 9.86. The molecule has 0 unspecified atom stereocenters. The minimum atomic E-state index is -0.360. The molecule has 0 fully saturated rings. The summed E-state index contributed by atoms with van der Waals surface area (Å²) in [6, 6.07) is 5.08. The highest BCUT2D eigenvalue weighted by Gasteiger charge is 2.17. The monoisotopic (exact) mass is 365 g/mol. The maximum absolute atomic E-state index is 13.0. The van der Waals surface area contributed by atoms with Crippen LogP contribution in [0.15, 0.2) is 53.4 Å².